The van der Waals surface area contributed by atoms with Crippen molar-refractivity contribution in [3.63, 3.8) is 0 Å². The molecule has 0 radical (unpaired) electrons. The standard InChI is InChI=1S/C18H20BrClFNO2/c1-3-9-22-10-12-14(19)7-8-17(23-2)18(12)24-11-13-15(20)5-4-6-16(13)21/h4-8,22H,3,9-11H2,1-2H3. The molecule has 130 valence electrons. The topological polar surface area (TPSA) is 30.5 Å². The molecule has 2 aromatic rings. The normalized spacial score (nSPS) is 10.7. The highest BCUT2D eigenvalue weighted by molar-refractivity contribution is 9.10. The van der Waals surface area contributed by atoms with Crippen LogP contribution in [0.2, 0.25) is 5.02 Å². The SMILES string of the molecule is CCCNCc1c(Br)ccc(OC)c1OCc1c(F)cccc1Cl. The lowest BCUT2D eigenvalue weighted by Crippen LogP contribution is -2.15. The van der Waals surface area contributed by atoms with Crippen molar-refractivity contribution in [3.05, 3.63) is 56.8 Å². The molecular formula is C18H20BrClFNO2. The van der Waals surface area contributed by atoms with E-state index in [1.165, 1.54) is 6.07 Å². The molecule has 1 N–H and O–H groups in total. The van der Waals surface area contributed by atoms with Crippen molar-refractivity contribution in [2.24, 2.45) is 0 Å². The van der Waals surface area contributed by atoms with Gasteiger partial charge in [-0.2, -0.15) is 0 Å². The monoisotopic (exact) mass is 415 g/mol. The van der Waals surface area contributed by atoms with Crippen molar-refractivity contribution < 1.29 is 13.9 Å². The first kappa shape index (κ1) is 19.0. The van der Waals surface area contributed by atoms with Gasteiger partial charge in [-0.1, -0.05) is 40.5 Å². The molecule has 0 fully saturated rings. The Hall–Kier alpha value is -1.30. The van der Waals surface area contributed by atoms with Crippen molar-refractivity contribution >= 4 is 27.5 Å². The molecule has 0 saturated carbocycles. The molecule has 24 heavy (non-hydrogen) atoms. The highest BCUT2D eigenvalue weighted by Crippen LogP contribution is 2.37. The summed E-state index contributed by atoms with van der Waals surface area (Å²) in [4.78, 5) is 0. The van der Waals surface area contributed by atoms with Crippen LogP contribution < -0.4 is 14.8 Å². The average molecular weight is 417 g/mol. The van der Waals surface area contributed by atoms with Gasteiger partial charge in [0, 0.05) is 22.1 Å². The third kappa shape index (κ3) is 4.62. The number of hydrogen-bond acceptors (Lipinski definition) is 3. The minimum atomic E-state index is -0.387. The highest BCUT2D eigenvalue weighted by Gasteiger charge is 2.16. The molecule has 0 saturated heterocycles. The maximum atomic E-state index is 13.9. The molecule has 0 bridgehead atoms. The zero-order chi connectivity index (χ0) is 17.5. The van der Waals surface area contributed by atoms with Gasteiger partial charge in [0.2, 0.25) is 0 Å². The van der Waals surface area contributed by atoms with E-state index in [4.69, 9.17) is 21.1 Å². The van der Waals surface area contributed by atoms with E-state index in [1.807, 2.05) is 12.1 Å². The largest absolute Gasteiger partial charge is 0.493 e. The molecule has 0 aliphatic rings. The van der Waals surface area contributed by atoms with Gasteiger partial charge in [-0.3, -0.25) is 0 Å². The number of ether oxygens (including phenoxy) is 2. The highest BCUT2D eigenvalue weighted by atomic mass is 79.9. The summed E-state index contributed by atoms with van der Waals surface area (Å²) in [6, 6.07) is 8.30. The summed E-state index contributed by atoms with van der Waals surface area (Å²) < 4.78 is 26.1. The van der Waals surface area contributed by atoms with Crippen LogP contribution in [0.1, 0.15) is 24.5 Å². The Labute approximate surface area is 155 Å². The minimum absolute atomic E-state index is 0.0269. The third-order valence-corrected chi connectivity index (χ3v) is 4.64. The van der Waals surface area contributed by atoms with Crippen LogP contribution >= 0.6 is 27.5 Å². The smallest absolute Gasteiger partial charge is 0.167 e. The van der Waals surface area contributed by atoms with E-state index in [9.17, 15) is 4.39 Å². The van der Waals surface area contributed by atoms with E-state index in [2.05, 4.69) is 28.2 Å². The van der Waals surface area contributed by atoms with Crippen LogP contribution in [0.5, 0.6) is 11.5 Å². The van der Waals surface area contributed by atoms with Crippen LogP contribution in [0.4, 0.5) is 4.39 Å². The Morgan fingerprint density at radius 1 is 1.21 bits per heavy atom. The Bertz CT molecular complexity index is 677. The maximum absolute atomic E-state index is 13.9. The van der Waals surface area contributed by atoms with Gasteiger partial charge < -0.3 is 14.8 Å². The fraction of sp³-hybridized carbons (Fsp3) is 0.333. The summed E-state index contributed by atoms with van der Waals surface area (Å²) >= 11 is 9.61. The van der Waals surface area contributed by atoms with Gasteiger partial charge in [-0.15, -0.1) is 0 Å². The lowest BCUT2D eigenvalue weighted by Gasteiger charge is -2.17. The number of methoxy groups -OCH3 is 1. The molecule has 6 heteroatoms. The molecule has 0 heterocycles. The van der Waals surface area contributed by atoms with E-state index in [0.717, 1.165) is 23.0 Å². The first-order valence-electron chi connectivity index (χ1n) is 7.70. The summed E-state index contributed by atoms with van der Waals surface area (Å²) in [5, 5.41) is 3.68. The lowest BCUT2D eigenvalue weighted by atomic mass is 10.1. The summed E-state index contributed by atoms with van der Waals surface area (Å²) in [6.45, 7) is 3.64. The quantitative estimate of drug-likeness (QED) is 0.590. The molecular weight excluding hydrogens is 397 g/mol. The summed E-state index contributed by atoms with van der Waals surface area (Å²) in [7, 11) is 1.58. The fourth-order valence-corrected chi connectivity index (χ4v) is 2.94. The van der Waals surface area contributed by atoms with Gasteiger partial charge >= 0.3 is 0 Å². The van der Waals surface area contributed by atoms with Crippen molar-refractivity contribution in [2.75, 3.05) is 13.7 Å². The second kappa shape index (κ2) is 9.25. The van der Waals surface area contributed by atoms with Crippen molar-refractivity contribution in [3.8, 4) is 11.5 Å². The number of benzene rings is 2. The van der Waals surface area contributed by atoms with Crippen molar-refractivity contribution in [2.45, 2.75) is 26.5 Å². The second-order valence-corrected chi connectivity index (χ2v) is 6.48. The molecule has 0 aliphatic carbocycles. The zero-order valence-corrected chi connectivity index (χ0v) is 16.0. The Morgan fingerprint density at radius 2 is 2.00 bits per heavy atom. The predicted octanol–water partition coefficient (Wildman–Crippen LogP) is 5.33. The molecule has 0 aromatic heterocycles. The van der Waals surface area contributed by atoms with Gasteiger partial charge in [0.25, 0.3) is 0 Å². The Balaban J connectivity index is 2.28. The molecule has 0 spiro atoms. The molecule has 0 aliphatic heterocycles. The van der Waals surface area contributed by atoms with E-state index in [0.29, 0.717) is 28.6 Å². The lowest BCUT2D eigenvalue weighted by molar-refractivity contribution is 0.276. The van der Waals surface area contributed by atoms with E-state index >= 15 is 0 Å². The number of nitrogens with one attached hydrogen (secondary N) is 1. The second-order valence-electron chi connectivity index (χ2n) is 5.22. The average Bonchev–Trinajstić information content (AvgIpc) is 2.56. The maximum Gasteiger partial charge on any atom is 0.167 e. The first-order chi connectivity index (χ1) is 11.6. The number of halogens is 3. The van der Waals surface area contributed by atoms with Crippen LogP contribution in [-0.4, -0.2) is 13.7 Å². The van der Waals surface area contributed by atoms with Gasteiger partial charge in [-0.05, 0) is 37.2 Å². The van der Waals surface area contributed by atoms with Gasteiger partial charge in [-0.25, -0.2) is 4.39 Å². The van der Waals surface area contributed by atoms with Crippen LogP contribution in [-0.2, 0) is 13.2 Å². The fourth-order valence-electron chi connectivity index (χ4n) is 2.27. The molecule has 2 aromatic carbocycles. The predicted molar refractivity (Wildman–Crippen MR) is 98.4 cm³/mol. The number of rotatable bonds is 8. The van der Waals surface area contributed by atoms with Crippen molar-refractivity contribution in [1.29, 1.82) is 0 Å². The Kier molecular flexibility index (Phi) is 7.34. The van der Waals surface area contributed by atoms with Gasteiger partial charge in [0.1, 0.15) is 12.4 Å². The zero-order valence-electron chi connectivity index (χ0n) is 13.7. The van der Waals surface area contributed by atoms with Crippen LogP contribution in [0, 0.1) is 5.82 Å². The molecule has 0 amide bonds. The van der Waals surface area contributed by atoms with Crippen LogP contribution in [0.15, 0.2) is 34.8 Å². The summed E-state index contributed by atoms with van der Waals surface area (Å²) in [5.74, 6) is 0.788. The molecule has 3 nitrogen and oxygen atoms in total. The third-order valence-electron chi connectivity index (χ3n) is 3.54. The Morgan fingerprint density at radius 3 is 2.67 bits per heavy atom. The van der Waals surface area contributed by atoms with E-state index in [1.54, 1.807) is 19.2 Å². The van der Waals surface area contributed by atoms with Crippen LogP contribution in [0.3, 0.4) is 0 Å². The van der Waals surface area contributed by atoms with E-state index < -0.39 is 0 Å². The molecule has 0 unspecified atom stereocenters. The van der Waals surface area contributed by atoms with Crippen LogP contribution in [0.25, 0.3) is 0 Å². The first-order valence-corrected chi connectivity index (χ1v) is 8.87. The van der Waals surface area contributed by atoms with Crippen molar-refractivity contribution in [1.82, 2.24) is 5.32 Å². The summed E-state index contributed by atoms with van der Waals surface area (Å²) in [6.07, 6.45) is 1.03. The van der Waals surface area contributed by atoms with Gasteiger partial charge in [0.15, 0.2) is 11.5 Å². The summed E-state index contributed by atoms with van der Waals surface area (Å²) in [5.41, 5.74) is 1.25. The molecule has 0 atom stereocenters. The van der Waals surface area contributed by atoms with E-state index in [-0.39, 0.29) is 12.4 Å². The molecule has 2 rings (SSSR count). The number of hydrogen-bond donors (Lipinski definition) is 1. The minimum Gasteiger partial charge on any atom is -0.493 e. The van der Waals surface area contributed by atoms with Gasteiger partial charge in [0.05, 0.1) is 12.1 Å².